The molecule has 5 heteroatoms. The predicted octanol–water partition coefficient (Wildman–Crippen LogP) is 3.34. The number of hydrogen-bond donors (Lipinski definition) is 1. The second kappa shape index (κ2) is 9.23. The Morgan fingerprint density at radius 1 is 1.24 bits per heavy atom. The van der Waals surface area contributed by atoms with Crippen molar-refractivity contribution in [2.45, 2.75) is 53.2 Å². The molecule has 4 nitrogen and oxygen atoms in total. The normalized spacial score (nSPS) is 11.7. The van der Waals surface area contributed by atoms with Crippen LogP contribution in [0.3, 0.4) is 0 Å². The van der Waals surface area contributed by atoms with E-state index in [0.29, 0.717) is 36.1 Å². The second-order valence-corrected chi connectivity index (χ2v) is 6.04. The van der Waals surface area contributed by atoms with Crippen LogP contribution in [0.25, 0.3) is 0 Å². The summed E-state index contributed by atoms with van der Waals surface area (Å²) in [6.07, 6.45) is 0. The van der Waals surface area contributed by atoms with E-state index in [-0.39, 0.29) is 0 Å². The van der Waals surface area contributed by atoms with Gasteiger partial charge in [-0.2, -0.15) is 0 Å². The molecule has 0 aromatic carbocycles. The van der Waals surface area contributed by atoms with E-state index in [9.17, 15) is 0 Å². The summed E-state index contributed by atoms with van der Waals surface area (Å²) < 4.78 is 5.77. The first kappa shape index (κ1) is 18.2. The molecule has 0 amide bonds. The van der Waals surface area contributed by atoms with E-state index in [0.717, 1.165) is 18.8 Å². The zero-order chi connectivity index (χ0) is 15.8. The third-order valence-corrected chi connectivity index (χ3v) is 3.71. The lowest BCUT2D eigenvalue weighted by atomic mass is 10.2. The maximum Gasteiger partial charge on any atom is 0.213 e. The summed E-state index contributed by atoms with van der Waals surface area (Å²) in [4.78, 5) is 6.86. The van der Waals surface area contributed by atoms with Gasteiger partial charge in [0.25, 0.3) is 0 Å². The zero-order valence-electron chi connectivity index (χ0n) is 13.8. The highest BCUT2D eigenvalue weighted by atomic mass is 35.5. The van der Waals surface area contributed by atoms with Crippen molar-refractivity contribution in [2.24, 2.45) is 0 Å². The van der Waals surface area contributed by atoms with Gasteiger partial charge < -0.3 is 10.1 Å². The quantitative estimate of drug-likeness (QED) is 0.758. The molecule has 0 bridgehead atoms. The maximum atomic E-state index is 6.13. The smallest absolute Gasteiger partial charge is 0.213 e. The van der Waals surface area contributed by atoms with Crippen molar-refractivity contribution < 1.29 is 4.74 Å². The summed E-state index contributed by atoms with van der Waals surface area (Å²) in [5, 5.41) is 3.90. The average molecular weight is 314 g/mol. The summed E-state index contributed by atoms with van der Waals surface area (Å²) in [6.45, 7) is 13.9. The van der Waals surface area contributed by atoms with Crippen LogP contribution >= 0.6 is 11.6 Å². The molecule has 0 aliphatic rings. The number of nitrogens with zero attached hydrogens (tertiary/aromatic N) is 2. The Hall–Kier alpha value is -0.840. The number of aromatic nitrogens is 1. The number of nitrogens with one attached hydrogen (secondary N) is 1. The monoisotopic (exact) mass is 313 g/mol. The van der Waals surface area contributed by atoms with Crippen LogP contribution in [0.4, 0.5) is 0 Å². The molecule has 0 unspecified atom stereocenters. The lowest BCUT2D eigenvalue weighted by molar-refractivity contribution is 0.140. The van der Waals surface area contributed by atoms with Crippen molar-refractivity contribution in [1.82, 2.24) is 15.2 Å². The average Bonchev–Trinajstić information content (AvgIpc) is 2.42. The molecule has 0 aliphatic carbocycles. The van der Waals surface area contributed by atoms with Crippen LogP contribution < -0.4 is 10.1 Å². The van der Waals surface area contributed by atoms with Crippen molar-refractivity contribution in [3.05, 3.63) is 22.8 Å². The Morgan fingerprint density at radius 2 is 1.90 bits per heavy atom. The van der Waals surface area contributed by atoms with Gasteiger partial charge in [0.1, 0.15) is 6.61 Å². The molecule has 0 saturated carbocycles. The van der Waals surface area contributed by atoms with Crippen LogP contribution in [0.15, 0.2) is 12.1 Å². The van der Waals surface area contributed by atoms with Gasteiger partial charge in [-0.05, 0) is 40.3 Å². The van der Waals surface area contributed by atoms with E-state index in [4.69, 9.17) is 16.3 Å². The van der Waals surface area contributed by atoms with Gasteiger partial charge >= 0.3 is 0 Å². The molecule has 120 valence electrons. The summed E-state index contributed by atoms with van der Waals surface area (Å²) >= 11 is 6.13. The van der Waals surface area contributed by atoms with E-state index in [1.165, 1.54) is 0 Å². The van der Waals surface area contributed by atoms with Gasteiger partial charge in [-0.25, -0.2) is 4.98 Å². The van der Waals surface area contributed by atoms with Crippen LogP contribution in [0.2, 0.25) is 5.02 Å². The molecular weight excluding hydrogens is 286 g/mol. The van der Waals surface area contributed by atoms with Crippen LogP contribution in [-0.2, 0) is 6.54 Å². The highest BCUT2D eigenvalue weighted by molar-refractivity contribution is 6.31. The molecular formula is C16H28ClN3O. The molecule has 1 aromatic heterocycles. The Kier molecular flexibility index (Phi) is 8.01. The fourth-order valence-corrected chi connectivity index (χ4v) is 2.45. The van der Waals surface area contributed by atoms with E-state index in [1.54, 1.807) is 0 Å². The molecule has 1 aromatic rings. The minimum absolute atomic E-state index is 0.510. The first-order valence-electron chi connectivity index (χ1n) is 7.70. The number of rotatable bonds is 9. The molecule has 0 radical (unpaired) electrons. The van der Waals surface area contributed by atoms with E-state index < -0.39 is 0 Å². The van der Waals surface area contributed by atoms with E-state index in [2.05, 4.69) is 49.8 Å². The van der Waals surface area contributed by atoms with E-state index >= 15 is 0 Å². The Balaban J connectivity index is 2.55. The second-order valence-electron chi connectivity index (χ2n) is 5.63. The van der Waals surface area contributed by atoms with Crippen molar-refractivity contribution in [1.29, 1.82) is 0 Å². The molecule has 0 atom stereocenters. The van der Waals surface area contributed by atoms with Gasteiger partial charge in [-0.15, -0.1) is 0 Å². The van der Waals surface area contributed by atoms with Gasteiger partial charge in [0.15, 0.2) is 0 Å². The third-order valence-electron chi connectivity index (χ3n) is 3.36. The van der Waals surface area contributed by atoms with Crippen LogP contribution in [0.1, 0.15) is 40.3 Å². The Morgan fingerprint density at radius 3 is 2.48 bits per heavy atom. The van der Waals surface area contributed by atoms with Gasteiger partial charge in [-0.1, -0.05) is 18.5 Å². The number of ether oxygens (including phenoxy) is 1. The van der Waals surface area contributed by atoms with Crippen LogP contribution in [0.5, 0.6) is 5.88 Å². The number of pyridine rings is 1. The first-order chi connectivity index (χ1) is 9.95. The summed E-state index contributed by atoms with van der Waals surface area (Å²) in [6, 6.07) is 4.69. The van der Waals surface area contributed by atoms with Gasteiger partial charge in [-0.3, -0.25) is 4.90 Å². The minimum atomic E-state index is 0.510. The lowest BCUT2D eigenvalue weighted by Gasteiger charge is -2.30. The largest absolute Gasteiger partial charge is 0.476 e. The van der Waals surface area contributed by atoms with Crippen molar-refractivity contribution in [3.63, 3.8) is 0 Å². The van der Waals surface area contributed by atoms with Crippen LogP contribution in [0, 0.1) is 0 Å². The molecule has 0 fully saturated rings. The predicted molar refractivity (Wildman–Crippen MR) is 89.1 cm³/mol. The molecule has 21 heavy (non-hydrogen) atoms. The topological polar surface area (TPSA) is 37.4 Å². The van der Waals surface area contributed by atoms with Crippen molar-refractivity contribution in [3.8, 4) is 5.88 Å². The SMILES string of the molecule is CCNCc1nc(OCCN(C(C)C)C(C)C)ccc1Cl. The first-order valence-corrected chi connectivity index (χ1v) is 8.08. The highest BCUT2D eigenvalue weighted by Gasteiger charge is 2.13. The fourth-order valence-electron chi connectivity index (χ4n) is 2.28. The summed E-state index contributed by atoms with van der Waals surface area (Å²) in [7, 11) is 0. The standard InChI is InChI=1S/C16H28ClN3O/c1-6-18-11-15-14(17)7-8-16(19-15)21-10-9-20(12(2)3)13(4)5/h7-8,12-13,18H,6,9-11H2,1-5H3. The zero-order valence-corrected chi connectivity index (χ0v) is 14.6. The van der Waals surface area contributed by atoms with E-state index in [1.807, 2.05) is 12.1 Å². The number of halogens is 1. The Bertz CT molecular complexity index is 416. The van der Waals surface area contributed by atoms with Crippen molar-refractivity contribution in [2.75, 3.05) is 19.7 Å². The summed E-state index contributed by atoms with van der Waals surface area (Å²) in [5.41, 5.74) is 0.834. The van der Waals surface area contributed by atoms with Crippen LogP contribution in [-0.4, -0.2) is 41.7 Å². The van der Waals surface area contributed by atoms with Crippen molar-refractivity contribution >= 4 is 11.6 Å². The van der Waals surface area contributed by atoms with Gasteiger partial charge in [0.2, 0.25) is 5.88 Å². The molecule has 0 spiro atoms. The molecule has 0 aliphatic heterocycles. The number of hydrogen-bond acceptors (Lipinski definition) is 4. The molecule has 1 heterocycles. The molecule has 0 saturated heterocycles. The van der Waals surface area contributed by atoms with Gasteiger partial charge in [0, 0.05) is 31.2 Å². The summed E-state index contributed by atoms with van der Waals surface area (Å²) in [5.74, 6) is 0.639. The fraction of sp³-hybridized carbons (Fsp3) is 0.688. The van der Waals surface area contributed by atoms with Gasteiger partial charge in [0.05, 0.1) is 10.7 Å². The lowest BCUT2D eigenvalue weighted by Crippen LogP contribution is -2.39. The third kappa shape index (κ3) is 6.20. The maximum absolute atomic E-state index is 6.13. The molecule has 1 rings (SSSR count). The highest BCUT2D eigenvalue weighted by Crippen LogP contribution is 2.18. The molecule has 1 N–H and O–H groups in total. The minimum Gasteiger partial charge on any atom is -0.476 e. The Labute approximate surface area is 133 Å².